The number of anilines is 2. The Labute approximate surface area is 121 Å². The predicted molar refractivity (Wildman–Crippen MR) is 87.2 cm³/mol. The summed E-state index contributed by atoms with van der Waals surface area (Å²) >= 11 is 0. The summed E-state index contributed by atoms with van der Waals surface area (Å²) < 4.78 is 0. The van der Waals surface area contributed by atoms with Crippen molar-refractivity contribution >= 4 is 11.4 Å². The fourth-order valence-electron chi connectivity index (χ4n) is 2.09. The van der Waals surface area contributed by atoms with Gasteiger partial charge in [0.1, 0.15) is 0 Å². The molecule has 0 bridgehead atoms. The van der Waals surface area contributed by atoms with E-state index >= 15 is 0 Å². The lowest BCUT2D eigenvalue weighted by molar-refractivity contribution is 0.884. The molecule has 0 spiro atoms. The fourth-order valence-corrected chi connectivity index (χ4v) is 2.09. The highest BCUT2D eigenvalue weighted by atomic mass is 15.1. The largest absolute Gasteiger partial charge is 0.378 e. The number of hydrogen-bond acceptors (Lipinski definition) is 2. The molecule has 0 saturated carbocycles. The van der Waals surface area contributed by atoms with E-state index in [2.05, 4.69) is 47.3 Å². The maximum Gasteiger partial charge on any atom is 0.0485 e. The summed E-state index contributed by atoms with van der Waals surface area (Å²) in [5.41, 5.74) is 4.40. The lowest BCUT2D eigenvalue weighted by Gasteiger charge is -2.18. The van der Waals surface area contributed by atoms with Gasteiger partial charge in [0.25, 0.3) is 0 Å². The maximum absolute atomic E-state index is 5.42. The van der Waals surface area contributed by atoms with E-state index in [1.807, 2.05) is 38.4 Å². The molecule has 2 rings (SSSR count). The smallest absolute Gasteiger partial charge is 0.0485 e. The molecule has 2 heteroatoms. The molecular formula is C18H20N2. The first-order chi connectivity index (χ1) is 9.60. The van der Waals surface area contributed by atoms with Crippen molar-refractivity contribution in [1.29, 1.82) is 0 Å². The molecule has 0 fully saturated rings. The third-order valence-electron chi connectivity index (χ3n) is 3.32. The lowest BCUT2D eigenvalue weighted by atomic mass is 10.1. The molecule has 2 aromatic rings. The fraction of sp³-hybridized carbons (Fsp3) is 0.222. The van der Waals surface area contributed by atoms with Crippen molar-refractivity contribution in [2.24, 2.45) is 0 Å². The van der Waals surface area contributed by atoms with Crippen LogP contribution >= 0.6 is 0 Å². The Balaban J connectivity index is 2.11. The Kier molecular flexibility index (Phi) is 4.32. The van der Waals surface area contributed by atoms with Crippen LogP contribution in [0.2, 0.25) is 0 Å². The molecule has 0 heterocycles. The molecule has 0 amide bonds. The molecule has 102 valence electrons. The highest BCUT2D eigenvalue weighted by molar-refractivity contribution is 5.52. The first kappa shape index (κ1) is 14.0. The zero-order valence-corrected chi connectivity index (χ0v) is 12.2. The van der Waals surface area contributed by atoms with Crippen molar-refractivity contribution in [2.75, 3.05) is 24.3 Å². The van der Waals surface area contributed by atoms with Crippen LogP contribution in [-0.4, -0.2) is 14.1 Å². The summed E-state index contributed by atoms with van der Waals surface area (Å²) in [6.45, 7) is 2.15. The number of hydrogen-bond donors (Lipinski definition) is 1. The van der Waals surface area contributed by atoms with E-state index in [9.17, 15) is 0 Å². The number of rotatable bonds is 4. The molecule has 1 atom stereocenters. The van der Waals surface area contributed by atoms with E-state index in [4.69, 9.17) is 6.42 Å². The number of nitrogens with zero attached hydrogens (tertiary/aromatic N) is 1. The van der Waals surface area contributed by atoms with Gasteiger partial charge in [0.05, 0.1) is 0 Å². The maximum atomic E-state index is 5.42. The summed E-state index contributed by atoms with van der Waals surface area (Å²) in [6.07, 6.45) is 5.42. The molecule has 1 N–H and O–H groups in total. The highest BCUT2D eigenvalue weighted by Gasteiger charge is 2.06. The van der Waals surface area contributed by atoms with E-state index in [1.54, 1.807) is 0 Å². The first-order valence-corrected chi connectivity index (χ1v) is 6.70. The van der Waals surface area contributed by atoms with Crippen molar-refractivity contribution in [1.82, 2.24) is 0 Å². The number of nitrogens with one attached hydrogen (secondary N) is 1. The second-order valence-electron chi connectivity index (χ2n) is 5.08. The van der Waals surface area contributed by atoms with Crippen LogP contribution in [0.3, 0.4) is 0 Å². The van der Waals surface area contributed by atoms with Crippen LogP contribution in [0.25, 0.3) is 0 Å². The topological polar surface area (TPSA) is 15.3 Å². The van der Waals surface area contributed by atoms with E-state index in [0.29, 0.717) is 0 Å². The van der Waals surface area contributed by atoms with Gasteiger partial charge in [-0.05, 0) is 42.8 Å². The van der Waals surface area contributed by atoms with Crippen LogP contribution in [0.4, 0.5) is 11.4 Å². The minimum atomic E-state index is 0.235. The van der Waals surface area contributed by atoms with Gasteiger partial charge in [-0.3, -0.25) is 0 Å². The monoisotopic (exact) mass is 264 g/mol. The Morgan fingerprint density at radius 1 is 1.10 bits per heavy atom. The summed E-state index contributed by atoms with van der Waals surface area (Å²) in [5, 5.41) is 3.47. The summed E-state index contributed by atoms with van der Waals surface area (Å²) in [5.74, 6) is 2.65. The van der Waals surface area contributed by atoms with E-state index in [0.717, 1.165) is 11.3 Å². The summed E-state index contributed by atoms with van der Waals surface area (Å²) in [7, 11) is 4.09. The number of terminal acetylenes is 1. The quantitative estimate of drug-likeness (QED) is 0.842. The molecular weight excluding hydrogens is 244 g/mol. The standard InChI is InChI=1S/C18H20N2/c1-5-15-7-6-8-17(13-15)19-14(2)16-9-11-18(12-10-16)20(3)4/h1,6-14,19H,2-4H3. The van der Waals surface area contributed by atoms with Gasteiger partial charge in [-0.25, -0.2) is 0 Å². The first-order valence-electron chi connectivity index (χ1n) is 6.70. The van der Waals surface area contributed by atoms with Gasteiger partial charge in [0, 0.05) is 37.1 Å². The average molecular weight is 264 g/mol. The molecule has 0 aliphatic rings. The Hall–Kier alpha value is -2.40. The molecule has 0 saturated heterocycles. The average Bonchev–Trinajstić information content (AvgIpc) is 2.47. The van der Waals surface area contributed by atoms with Crippen molar-refractivity contribution < 1.29 is 0 Å². The second kappa shape index (κ2) is 6.16. The molecule has 0 aromatic heterocycles. The Morgan fingerprint density at radius 3 is 2.40 bits per heavy atom. The molecule has 20 heavy (non-hydrogen) atoms. The minimum Gasteiger partial charge on any atom is -0.378 e. The number of benzene rings is 2. The van der Waals surface area contributed by atoms with Gasteiger partial charge in [0.2, 0.25) is 0 Å². The van der Waals surface area contributed by atoms with Gasteiger partial charge < -0.3 is 10.2 Å². The van der Waals surface area contributed by atoms with Crippen LogP contribution in [0.15, 0.2) is 48.5 Å². The van der Waals surface area contributed by atoms with Gasteiger partial charge in [-0.2, -0.15) is 0 Å². The van der Waals surface area contributed by atoms with E-state index in [1.165, 1.54) is 11.3 Å². The molecule has 2 aromatic carbocycles. The molecule has 0 aliphatic heterocycles. The normalized spacial score (nSPS) is 11.5. The van der Waals surface area contributed by atoms with Gasteiger partial charge in [-0.1, -0.05) is 24.1 Å². The molecule has 2 nitrogen and oxygen atoms in total. The van der Waals surface area contributed by atoms with E-state index < -0.39 is 0 Å². The van der Waals surface area contributed by atoms with Gasteiger partial charge >= 0.3 is 0 Å². The van der Waals surface area contributed by atoms with Crippen molar-refractivity contribution in [3.63, 3.8) is 0 Å². The van der Waals surface area contributed by atoms with Crippen LogP contribution in [0, 0.1) is 12.3 Å². The second-order valence-corrected chi connectivity index (χ2v) is 5.08. The zero-order valence-electron chi connectivity index (χ0n) is 12.2. The van der Waals surface area contributed by atoms with E-state index in [-0.39, 0.29) is 6.04 Å². The molecule has 0 aliphatic carbocycles. The summed E-state index contributed by atoms with van der Waals surface area (Å²) in [4.78, 5) is 2.10. The Morgan fingerprint density at radius 2 is 1.80 bits per heavy atom. The zero-order chi connectivity index (χ0) is 14.5. The SMILES string of the molecule is C#Cc1cccc(NC(C)c2ccc(N(C)C)cc2)c1. The summed E-state index contributed by atoms with van der Waals surface area (Å²) in [6, 6.07) is 16.7. The third-order valence-corrected chi connectivity index (χ3v) is 3.32. The van der Waals surface area contributed by atoms with Crippen LogP contribution in [-0.2, 0) is 0 Å². The third kappa shape index (κ3) is 3.33. The van der Waals surface area contributed by atoms with Gasteiger partial charge in [0.15, 0.2) is 0 Å². The minimum absolute atomic E-state index is 0.235. The highest BCUT2D eigenvalue weighted by Crippen LogP contribution is 2.22. The predicted octanol–water partition coefficient (Wildman–Crippen LogP) is 3.91. The van der Waals surface area contributed by atoms with Crippen LogP contribution in [0.1, 0.15) is 24.1 Å². The molecule has 0 radical (unpaired) electrons. The van der Waals surface area contributed by atoms with Crippen molar-refractivity contribution in [3.8, 4) is 12.3 Å². The van der Waals surface area contributed by atoms with Crippen molar-refractivity contribution in [3.05, 3.63) is 59.7 Å². The van der Waals surface area contributed by atoms with Crippen molar-refractivity contribution in [2.45, 2.75) is 13.0 Å². The van der Waals surface area contributed by atoms with Crippen LogP contribution < -0.4 is 10.2 Å². The molecule has 1 unspecified atom stereocenters. The van der Waals surface area contributed by atoms with Gasteiger partial charge in [-0.15, -0.1) is 6.42 Å². The van der Waals surface area contributed by atoms with Crippen LogP contribution in [0.5, 0.6) is 0 Å². The Bertz CT molecular complexity index is 606. The lowest BCUT2D eigenvalue weighted by Crippen LogP contribution is -2.10.